The minimum Gasteiger partial charge on any atom is -0.106 e. The highest BCUT2D eigenvalue weighted by atomic mass is 14.0. The molecule has 0 aliphatic heterocycles. The van der Waals surface area contributed by atoms with Gasteiger partial charge in [-0.05, 0) is 30.4 Å². The van der Waals surface area contributed by atoms with E-state index in [0.29, 0.717) is 0 Å². The molecule has 0 spiro atoms. The maximum atomic E-state index is 3.78. The lowest BCUT2D eigenvalue weighted by Gasteiger charge is -2.06. The Kier molecular flexibility index (Phi) is 8.46. The lowest BCUT2D eigenvalue weighted by molar-refractivity contribution is 0.789. The second-order valence-corrected chi connectivity index (χ2v) is 3.37. The Labute approximate surface area is 94.3 Å². The van der Waals surface area contributed by atoms with Gasteiger partial charge in [0.2, 0.25) is 0 Å². The van der Waals surface area contributed by atoms with Gasteiger partial charge in [0, 0.05) is 0 Å². The maximum Gasteiger partial charge on any atom is -0.00974 e. The second-order valence-electron chi connectivity index (χ2n) is 3.37. The summed E-state index contributed by atoms with van der Waals surface area (Å²) in [6.07, 6.45) is 6.74. The number of benzene rings is 1. The Morgan fingerprint density at radius 1 is 1.13 bits per heavy atom. The summed E-state index contributed by atoms with van der Waals surface area (Å²) in [7, 11) is 0. The summed E-state index contributed by atoms with van der Waals surface area (Å²) in [4.78, 5) is 0. The van der Waals surface area contributed by atoms with Gasteiger partial charge in [-0.15, -0.1) is 19.7 Å². The number of rotatable bonds is 5. The summed E-state index contributed by atoms with van der Waals surface area (Å²) in [6.45, 7) is 12.0. The van der Waals surface area contributed by atoms with Crippen molar-refractivity contribution in [3.63, 3.8) is 0 Å². The zero-order valence-corrected chi connectivity index (χ0v) is 9.84. The summed E-state index contributed by atoms with van der Waals surface area (Å²) in [6, 6.07) is 8.66. The van der Waals surface area contributed by atoms with E-state index in [-0.39, 0.29) is 0 Å². The van der Waals surface area contributed by atoms with Crippen molar-refractivity contribution in [1.29, 1.82) is 0 Å². The van der Waals surface area contributed by atoms with E-state index < -0.39 is 0 Å². The normalized spacial score (nSPS) is 8.87. The van der Waals surface area contributed by atoms with Gasteiger partial charge in [-0.25, -0.2) is 0 Å². The highest BCUT2D eigenvalue weighted by molar-refractivity contribution is 5.28. The molecule has 1 aromatic rings. The molecule has 0 atom stereocenters. The lowest BCUT2D eigenvalue weighted by Crippen LogP contribution is -1.92. The van der Waals surface area contributed by atoms with Crippen molar-refractivity contribution in [2.75, 3.05) is 0 Å². The van der Waals surface area contributed by atoms with E-state index in [1.807, 2.05) is 6.08 Å². The Morgan fingerprint density at radius 3 is 2.27 bits per heavy atom. The molecule has 0 heteroatoms. The van der Waals surface area contributed by atoms with Gasteiger partial charge < -0.3 is 0 Å². The van der Waals surface area contributed by atoms with Crippen LogP contribution in [0.15, 0.2) is 50.1 Å². The smallest absolute Gasteiger partial charge is 0.00974 e. The van der Waals surface area contributed by atoms with Gasteiger partial charge in [0.05, 0.1) is 0 Å². The van der Waals surface area contributed by atoms with Crippen LogP contribution in [0.4, 0.5) is 0 Å². The highest BCUT2D eigenvalue weighted by Crippen LogP contribution is 2.12. The van der Waals surface area contributed by atoms with Crippen LogP contribution in [0.2, 0.25) is 0 Å². The fourth-order valence-corrected chi connectivity index (χ4v) is 1.52. The van der Waals surface area contributed by atoms with E-state index in [1.165, 1.54) is 30.4 Å². The third-order valence-electron chi connectivity index (χ3n) is 2.28. The van der Waals surface area contributed by atoms with Gasteiger partial charge in [0.15, 0.2) is 0 Å². The van der Waals surface area contributed by atoms with Crippen molar-refractivity contribution in [3.8, 4) is 0 Å². The van der Waals surface area contributed by atoms with E-state index in [4.69, 9.17) is 0 Å². The molecule has 0 unspecified atom stereocenters. The molecule has 0 bridgehead atoms. The van der Waals surface area contributed by atoms with E-state index in [9.17, 15) is 0 Å². The zero-order chi connectivity index (χ0) is 11.5. The summed E-state index contributed by atoms with van der Waals surface area (Å²) in [5, 5.41) is 0. The molecule has 0 heterocycles. The topological polar surface area (TPSA) is 0 Å². The Morgan fingerprint density at radius 2 is 1.73 bits per heavy atom. The van der Waals surface area contributed by atoms with E-state index >= 15 is 0 Å². The third-order valence-corrected chi connectivity index (χ3v) is 2.28. The molecule has 0 N–H and O–H groups in total. The fourth-order valence-electron chi connectivity index (χ4n) is 1.52. The highest BCUT2D eigenvalue weighted by Gasteiger charge is 1.98. The van der Waals surface area contributed by atoms with Crippen LogP contribution in [-0.2, 0) is 12.8 Å². The molecule has 0 amide bonds. The first kappa shape index (κ1) is 13.7. The molecule has 0 aliphatic carbocycles. The van der Waals surface area contributed by atoms with Gasteiger partial charge >= 0.3 is 0 Å². The average molecular weight is 202 g/mol. The quantitative estimate of drug-likeness (QED) is 0.614. The van der Waals surface area contributed by atoms with Gasteiger partial charge in [0.25, 0.3) is 0 Å². The number of hydrogen-bond acceptors (Lipinski definition) is 0. The van der Waals surface area contributed by atoms with Crippen LogP contribution < -0.4 is 0 Å². The predicted molar refractivity (Wildman–Crippen MR) is 70.2 cm³/mol. The summed E-state index contributed by atoms with van der Waals surface area (Å²) >= 11 is 0. The molecular weight excluding hydrogens is 180 g/mol. The first-order chi connectivity index (χ1) is 7.38. The third kappa shape index (κ3) is 5.21. The number of unbranched alkanes of at least 4 members (excludes halogenated alkanes) is 1. The van der Waals surface area contributed by atoms with Gasteiger partial charge in [-0.2, -0.15) is 0 Å². The molecule has 0 saturated heterocycles. The monoisotopic (exact) mass is 202 g/mol. The minimum absolute atomic E-state index is 1.000. The van der Waals surface area contributed by atoms with E-state index in [1.54, 1.807) is 0 Å². The number of hydrogen-bond donors (Lipinski definition) is 0. The molecule has 15 heavy (non-hydrogen) atoms. The first-order valence-corrected chi connectivity index (χ1v) is 5.56. The van der Waals surface area contributed by atoms with Crippen LogP contribution in [0, 0.1) is 0 Å². The molecule has 1 aromatic carbocycles. The van der Waals surface area contributed by atoms with Crippen LogP contribution in [0.5, 0.6) is 0 Å². The standard InChI is InChI=1S/C13H18.C2H4/c1-3-5-9-13-11-7-6-10-12(13)8-4-2;1-2/h4,6-7,10-11H,2-3,5,8-9H2,1H3;1-2H2. The van der Waals surface area contributed by atoms with Gasteiger partial charge in [-0.3, -0.25) is 0 Å². The average Bonchev–Trinajstić information content (AvgIpc) is 2.31. The van der Waals surface area contributed by atoms with Gasteiger partial charge in [0.1, 0.15) is 0 Å². The van der Waals surface area contributed by atoms with Gasteiger partial charge in [-0.1, -0.05) is 43.7 Å². The zero-order valence-electron chi connectivity index (χ0n) is 9.84. The lowest BCUT2D eigenvalue weighted by atomic mass is 10.00. The molecule has 0 fully saturated rings. The van der Waals surface area contributed by atoms with Crippen molar-refractivity contribution < 1.29 is 0 Å². The number of allylic oxidation sites excluding steroid dienone is 1. The minimum atomic E-state index is 1.000. The van der Waals surface area contributed by atoms with Crippen molar-refractivity contribution in [2.45, 2.75) is 32.6 Å². The SMILES string of the molecule is C=C.C=CCc1ccccc1CCCC. The molecule has 0 radical (unpaired) electrons. The van der Waals surface area contributed by atoms with Crippen molar-refractivity contribution in [2.24, 2.45) is 0 Å². The molecule has 82 valence electrons. The van der Waals surface area contributed by atoms with E-state index in [2.05, 4.69) is 50.9 Å². The van der Waals surface area contributed by atoms with Crippen molar-refractivity contribution in [3.05, 3.63) is 61.2 Å². The molecule has 0 saturated carbocycles. The molecule has 0 nitrogen and oxygen atoms in total. The Balaban J connectivity index is 0.000000921. The van der Waals surface area contributed by atoms with Crippen LogP contribution in [0.1, 0.15) is 30.9 Å². The molecule has 1 rings (SSSR count). The largest absolute Gasteiger partial charge is 0.106 e. The van der Waals surface area contributed by atoms with Crippen LogP contribution in [0.3, 0.4) is 0 Å². The van der Waals surface area contributed by atoms with Crippen LogP contribution >= 0.6 is 0 Å². The summed E-state index contributed by atoms with van der Waals surface area (Å²) in [5.41, 5.74) is 2.93. The maximum absolute atomic E-state index is 3.78. The number of aryl methyl sites for hydroxylation is 1. The van der Waals surface area contributed by atoms with E-state index in [0.717, 1.165) is 6.42 Å². The van der Waals surface area contributed by atoms with Crippen LogP contribution in [-0.4, -0.2) is 0 Å². The molecule has 0 aromatic heterocycles. The molecular formula is C15H22. The van der Waals surface area contributed by atoms with Crippen molar-refractivity contribution >= 4 is 0 Å². The predicted octanol–water partition coefficient (Wildman–Crippen LogP) is 4.56. The Hall–Kier alpha value is -1.30. The first-order valence-electron chi connectivity index (χ1n) is 5.56. The molecule has 0 aliphatic rings. The van der Waals surface area contributed by atoms with Crippen LogP contribution in [0.25, 0.3) is 0 Å². The fraction of sp³-hybridized carbons (Fsp3) is 0.333. The summed E-state index contributed by atoms with van der Waals surface area (Å²) in [5.74, 6) is 0. The Bertz CT molecular complexity index is 273. The second kappa shape index (κ2) is 9.26. The summed E-state index contributed by atoms with van der Waals surface area (Å²) < 4.78 is 0. The van der Waals surface area contributed by atoms with Crippen molar-refractivity contribution in [1.82, 2.24) is 0 Å².